The zero-order valence-corrected chi connectivity index (χ0v) is 22.0. The van der Waals surface area contributed by atoms with Crippen LogP contribution in [0.1, 0.15) is 36.9 Å². The Balaban J connectivity index is 0.00000385. The number of halogens is 1. The molecule has 0 bridgehead atoms. The molecule has 1 atom stereocenters. The Labute approximate surface area is 213 Å². The molecule has 0 aliphatic carbocycles. The molecular weight excluding hydrogens is 533 g/mol. The maximum absolute atomic E-state index is 12.1. The summed E-state index contributed by atoms with van der Waals surface area (Å²) in [5.41, 5.74) is 1.78. The van der Waals surface area contributed by atoms with E-state index in [2.05, 4.69) is 41.6 Å². The summed E-state index contributed by atoms with van der Waals surface area (Å²) in [4.78, 5) is 19.3. The second-order valence-electron chi connectivity index (χ2n) is 8.16. The van der Waals surface area contributed by atoms with E-state index in [9.17, 15) is 4.79 Å². The molecule has 3 N–H and O–H groups in total. The van der Waals surface area contributed by atoms with Crippen LogP contribution in [0.3, 0.4) is 0 Å². The molecular formula is C24H36IN5O3. The van der Waals surface area contributed by atoms with E-state index in [4.69, 9.17) is 14.1 Å². The number of furan rings is 1. The highest BCUT2D eigenvalue weighted by Gasteiger charge is 2.23. The van der Waals surface area contributed by atoms with Crippen LogP contribution in [0.5, 0.6) is 0 Å². The lowest BCUT2D eigenvalue weighted by Crippen LogP contribution is -2.52. The van der Waals surface area contributed by atoms with Crippen LogP contribution in [0, 0.1) is 5.92 Å². The molecule has 2 aromatic rings. The fourth-order valence-electron chi connectivity index (χ4n) is 3.70. The van der Waals surface area contributed by atoms with Crippen molar-refractivity contribution in [2.24, 2.45) is 10.9 Å². The smallest absolute Gasteiger partial charge is 0.291 e. The van der Waals surface area contributed by atoms with Gasteiger partial charge in [-0.1, -0.05) is 26.0 Å². The molecule has 3 rings (SSSR count). The largest absolute Gasteiger partial charge is 0.459 e. The summed E-state index contributed by atoms with van der Waals surface area (Å²) < 4.78 is 10.6. The Morgan fingerprint density at radius 1 is 1.12 bits per heavy atom. The molecule has 0 spiro atoms. The second-order valence-corrected chi connectivity index (χ2v) is 8.16. The monoisotopic (exact) mass is 569 g/mol. The van der Waals surface area contributed by atoms with E-state index in [-0.39, 0.29) is 35.6 Å². The first-order valence-electron chi connectivity index (χ1n) is 11.3. The van der Waals surface area contributed by atoms with Crippen molar-refractivity contribution in [3.63, 3.8) is 0 Å². The van der Waals surface area contributed by atoms with Gasteiger partial charge in [-0.3, -0.25) is 9.69 Å². The Morgan fingerprint density at radius 3 is 2.45 bits per heavy atom. The number of morpholine rings is 1. The molecule has 1 amide bonds. The summed E-state index contributed by atoms with van der Waals surface area (Å²) in [5, 5.41) is 9.67. The third-order valence-electron chi connectivity index (χ3n) is 5.48. The van der Waals surface area contributed by atoms with Gasteiger partial charge in [0, 0.05) is 37.9 Å². The predicted molar refractivity (Wildman–Crippen MR) is 142 cm³/mol. The first-order chi connectivity index (χ1) is 15.6. The molecule has 1 aromatic heterocycles. The van der Waals surface area contributed by atoms with E-state index in [1.54, 1.807) is 12.1 Å². The number of carbonyl (C=O) groups excluding carboxylic acids is 1. The van der Waals surface area contributed by atoms with Gasteiger partial charge < -0.3 is 25.1 Å². The zero-order valence-electron chi connectivity index (χ0n) is 19.7. The van der Waals surface area contributed by atoms with Crippen LogP contribution in [0.4, 0.5) is 5.69 Å². The standard InChI is InChI=1S/C24H35N5O3.HI/c1-4-25-24(27-17-21(18(2)3)29-11-14-31-15-12-29)26-16-19-7-9-20(10-8-19)28-23(30)22-6-5-13-32-22;/h5-10,13,18,21H,4,11-12,14-17H2,1-3H3,(H,28,30)(H2,25,26,27);1H. The summed E-state index contributed by atoms with van der Waals surface area (Å²) >= 11 is 0. The molecule has 1 unspecified atom stereocenters. The van der Waals surface area contributed by atoms with Crippen LogP contribution in [-0.2, 0) is 11.3 Å². The molecule has 1 saturated heterocycles. The van der Waals surface area contributed by atoms with Crippen LogP contribution in [0.15, 0.2) is 52.1 Å². The quantitative estimate of drug-likeness (QED) is 0.243. The van der Waals surface area contributed by atoms with Gasteiger partial charge in [-0.25, -0.2) is 4.99 Å². The maximum Gasteiger partial charge on any atom is 0.291 e. The van der Waals surface area contributed by atoms with Crippen LogP contribution in [-0.4, -0.2) is 62.2 Å². The van der Waals surface area contributed by atoms with Gasteiger partial charge in [0.25, 0.3) is 5.91 Å². The number of rotatable bonds is 9. The first kappa shape index (κ1) is 27.1. The minimum atomic E-state index is -0.264. The van der Waals surface area contributed by atoms with Gasteiger partial charge >= 0.3 is 0 Å². The highest BCUT2D eigenvalue weighted by molar-refractivity contribution is 14.0. The van der Waals surface area contributed by atoms with Gasteiger partial charge in [0.2, 0.25) is 0 Å². The van der Waals surface area contributed by atoms with Crippen molar-refractivity contribution in [3.05, 3.63) is 54.0 Å². The van der Waals surface area contributed by atoms with E-state index in [0.717, 1.165) is 56.6 Å². The normalized spacial score (nSPS) is 15.6. The lowest BCUT2D eigenvalue weighted by atomic mass is 10.0. The average molecular weight is 569 g/mol. The van der Waals surface area contributed by atoms with Crippen molar-refractivity contribution < 1.29 is 13.9 Å². The Bertz CT molecular complexity index is 849. The Morgan fingerprint density at radius 2 is 1.85 bits per heavy atom. The molecule has 1 aliphatic rings. The Kier molecular flexibility index (Phi) is 11.7. The number of hydrogen-bond donors (Lipinski definition) is 3. The number of carbonyl (C=O) groups is 1. The third kappa shape index (κ3) is 8.63. The van der Waals surface area contributed by atoms with Gasteiger partial charge in [0.15, 0.2) is 11.7 Å². The highest BCUT2D eigenvalue weighted by atomic mass is 127. The van der Waals surface area contributed by atoms with Gasteiger partial charge in [0.1, 0.15) is 0 Å². The van der Waals surface area contributed by atoms with Crippen molar-refractivity contribution >= 4 is 41.5 Å². The van der Waals surface area contributed by atoms with Crippen LogP contribution < -0.4 is 16.0 Å². The van der Waals surface area contributed by atoms with Crippen LogP contribution in [0.2, 0.25) is 0 Å². The first-order valence-corrected chi connectivity index (χ1v) is 11.3. The van der Waals surface area contributed by atoms with E-state index in [1.807, 2.05) is 24.3 Å². The second kappa shape index (κ2) is 14.2. The SMILES string of the molecule is CCNC(=NCc1ccc(NC(=O)c2ccco2)cc1)NCC(C(C)C)N1CCOCC1.I. The van der Waals surface area contributed by atoms with Crippen LogP contribution in [0.25, 0.3) is 0 Å². The van der Waals surface area contributed by atoms with Gasteiger partial charge in [0.05, 0.1) is 26.0 Å². The molecule has 1 aromatic carbocycles. The number of ether oxygens (including phenoxy) is 1. The van der Waals surface area contributed by atoms with Crippen molar-refractivity contribution in [1.29, 1.82) is 0 Å². The number of hydrogen-bond acceptors (Lipinski definition) is 5. The predicted octanol–water partition coefficient (Wildman–Crippen LogP) is 3.56. The molecule has 1 aliphatic heterocycles. The molecule has 2 heterocycles. The summed E-state index contributed by atoms with van der Waals surface area (Å²) in [6.45, 7) is 12.3. The molecule has 9 heteroatoms. The van der Waals surface area contributed by atoms with Crippen molar-refractivity contribution in [1.82, 2.24) is 15.5 Å². The van der Waals surface area contributed by atoms with E-state index >= 15 is 0 Å². The summed E-state index contributed by atoms with van der Waals surface area (Å²) in [5.74, 6) is 1.37. The number of guanidine groups is 1. The number of benzene rings is 1. The number of nitrogens with zero attached hydrogens (tertiary/aromatic N) is 2. The Hall–Kier alpha value is -2.11. The molecule has 0 radical (unpaired) electrons. The minimum absolute atomic E-state index is 0. The molecule has 0 saturated carbocycles. The van der Waals surface area contributed by atoms with E-state index < -0.39 is 0 Å². The molecule has 1 fully saturated rings. The zero-order chi connectivity index (χ0) is 22.8. The summed E-state index contributed by atoms with van der Waals surface area (Å²) in [7, 11) is 0. The van der Waals surface area contributed by atoms with E-state index in [0.29, 0.717) is 18.5 Å². The number of anilines is 1. The van der Waals surface area contributed by atoms with Crippen molar-refractivity contribution in [2.75, 3.05) is 44.7 Å². The van der Waals surface area contributed by atoms with Gasteiger partial charge in [-0.2, -0.15) is 0 Å². The maximum atomic E-state index is 12.1. The number of amides is 1. The van der Waals surface area contributed by atoms with Gasteiger partial charge in [-0.15, -0.1) is 24.0 Å². The lowest BCUT2D eigenvalue weighted by Gasteiger charge is -2.37. The summed E-state index contributed by atoms with van der Waals surface area (Å²) in [6.07, 6.45) is 1.48. The molecule has 8 nitrogen and oxygen atoms in total. The van der Waals surface area contributed by atoms with Crippen molar-refractivity contribution in [2.45, 2.75) is 33.4 Å². The van der Waals surface area contributed by atoms with Crippen molar-refractivity contribution in [3.8, 4) is 0 Å². The fraction of sp³-hybridized carbons (Fsp3) is 0.500. The summed E-state index contributed by atoms with van der Waals surface area (Å²) in [6, 6.07) is 11.4. The van der Waals surface area contributed by atoms with Crippen LogP contribution >= 0.6 is 24.0 Å². The van der Waals surface area contributed by atoms with Gasteiger partial charge in [-0.05, 0) is 42.7 Å². The molecule has 33 heavy (non-hydrogen) atoms. The average Bonchev–Trinajstić information content (AvgIpc) is 3.34. The fourth-order valence-corrected chi connectivity index (χ4v) is 3.70. The highest BCUT2D eigenvalue weighted by Crippen LogP contribution is 2.14. The van der Waals surface area contributed by atoms with E-state index in [1.165, 1.54) is 6.26 Å². The number of nitrogens with one attached hydrogen (secondary N) is 3. The number of aliphatic imine (C=N–C) groups is 1. The topological polar surface area (TPSA) is 91.1 Å². The minimum Gasteiger partial charge on any atom is -0.459 e. The molecule has 182 valence electrons. The lowest BCUT2D eigenvalue weighted by molar-refractivity contribution is 0.00752. The third-order valence-corrected chi connectivity index (χ3v) is 5.48.